The lowest BCUT2D eigenvalue weighted by Crippen LogP contribution is -2.42. The van der Waals surface area contributed by atoms with Gasteiger partial charge in [-0.1, -0.05) is 17.7 Å². The number of carbonyl (C=O) groups is 2. The van der Waals surface area contributed by atoms with Crippen molar-refractivity contribution in [3.8, 4) is 0 Å². The lowest BCUT2D eigenvalue weighted by Gasteiger charge is -2.31. The second-order valence-electron chi connectivity index (χ2n) is 5.25. The molecule has 1 unspecified atom stereocenters. The molecule has 19 heavy (non-hydrogen) atoms. The number of aryl methyl sites for hydroxylation is 2. The third kappa shape index (κ3) is 2.95. The monoisotopic (exact) mass is 261 g/mol. The number of amides is 1. The van der Waals surface area contributed by atoms with Gasteiger partial charge in [-0.3, -0.25) is 9.59 Å². The first-order chi connectivity index (χ1) is 8.99. The number of likely N-dealkylation sites (tertiary alicyclic amines) is 1. The highest BCUT2D eigenvalue weighted by atomic mass is 16.4. The first-order valence-electron chi connectivity index (χ1n) is 6.58. The second kappa shape index (κ2) is 5.43. The maximum absolute atomic E-state index is 12.4. The molecule has 0 saturated carbocycles. The molecule has 0 bridgehead atoms. The number of nitrogens with zero attached hydrogens (tertiary/aromatic N) is 1. The molecule has 4 nitrogen and oxygen atoms in total. The first kappa shape index (κ1) is 13.6. The van der Waals surface area contributed by atoms with E-state index in [1.54, 1.807) is 4.90 Å². The number of aliphatic carboxylic acids is 1. The average Bonchev–Trinajstić information content (AvgIpc) is 2.38. The summed E-state index contributed by atoms with van der Waals surface area (Å²) >= 11 is 0. The van der Waals surface area contributed by atoms with Crippen LogP contribution >= 0.6 is 0 Å². The van der Waals surface area contributed by atoms with Gasteiger partial charge in [0.25, 0.3) is 5.91 Å². The van der Waals surface area contributed by atoms with E-state index in [1.165, 1.54) is 0 Å². The van der Waals surface area contributed by atoms with Gasteiger partial charge < -0.3 is 10.0 Å². The molecule has 1 atom stereocenters. The molecule has 4 heteroatoms. The lowest BCUT2D eigenvalue weighted by atomic mass is 9.96. The van der Waals surface area contributed by atoms with Crippen molar-refractivity contribution in [2.75, 3.05) is 13.1 Å². The van der Waals surface area contributed by atoms with Crippen LogP contribution in [0.3, 0.4) is 0 Å². The highest BCUT2D eigenvalue weighted by molar-refractivity contribution is 5.96. The Bertz CT molecular complexity index is 510. The van der Waals surface area contributed by atoms with Gasteiger partial charge in [0, 0.05) is 18.7 Å². The minimum atomic E-state index is -0.807. The summed E-state index contributed by atoms with van der Waals surface area (Å²) < 4.78 is 0. The van der Waals surface area contributed by atoms with Gasteiger partial charge in [-0.05, 0) is 38.3 Å². The maximum atomic E-state index is 12.4. The summed E-state index contributed by atoms with van der Waals surface area (Å²) in [6, 6.07) is 5.72. The van der Waals surface area contributed by atoms with Crippen molar-refractivity contribution in [3.05, 3.63) is 34.9 Å². The molecule has 1 N–H and O–H groups in total. The predicted molar refractivity (Wildman–Crippen MR) is 72.2 cm³/mol. The molecule has 1 aliphatic rings. The topological polar surface area (TPSA) is 57.6 Å². The number of carboxylic acid groups (broad SMARTS) is 1. The zero-order chi connectivity index (χ0) is 14.0. The van der Waals surface area contributed by atoms with Gasteiger partial charge in [-0.25, -0.2) is 0 Å². The molecule has 1 amide bonds. The molecule has 0 spiro atoms. The molecule has 0 aromatic heterocycles. The number of hydrogen-bond donors (Lipinski definition) is 1. The average molecular weight is 261 g/mol. The fourth-order valence-electron chi connectivity index (χ4n) is 2.59. The third-order valence-electron chi connectivity index (χ3n) is 3.67. The quantitative estimate of drug-likeness (QED) is 0.888. The van der Waals surface area contributed by atoms with E-state index in [0.717, 1.165) is 17.5 Å². The number of carbonyl (C=O) groups excluding carboxylic acids is 1. The van der Waals surface area contributed by atoms with Crippen LogP contribution in [-0.4, -0.2) is 35.0 Å². The van der Waals surface area contributed by atoms with Gasteiger partial charge in [0.2, 0.25) is 0 Å². The fourth-order valence-corrected chi connectivity index (χ4v) is 2.59. The van der Waals surface area contributed by atoms with Gasteiger partial charge >= 0.3 is 5.97 Å². The van der Waals surface area contributed by atoms with Crippen LogP contribution in [0.1, 0.15) is 34.3 Å². The molecule has 1 fully saturated rings. The number of hydrogen-bond acceptors (Lipinski definition) is 2. The van der Waals surface area contributed by atoms with Gasteiger partial charge in [-0.15, -0.1) is 0 Å². The number of benzene rings is 1. The lowest BCUT2D eigenvalue weighted by molar-refractivity contribution is -0.143. The predicted octanol–water partition coefficient (Wildman–Crippen LogP) is 2.24. The van der Waals surface area contributed by atoms with Crippen molar-refractivity contribution in [1.29, 1.82) is 0 Å². The van der Waals surface area contributed by atoms with E-state index in [9.17, 15) is 9.59 Å². The van der Waals surface area contributed by atoms with Crippen molar-refractivity contribution < 1.29 is 14.7 Å². The minimum Gasteiger partial charge on any atom is -0.481 e. The standard InChI is InChI=1S/C15H19NO3/c1-10-5-6-13(11(2)8-10)14(17)16-7-3-4-12(9-16)15(18)19/h5-6,8,12H,3-4,7,9H2,1-2H3,(H,18,19). The molecule has 1 aromatic carbocycles. The summed E-state index contributed by atoms with van der Waals surface area (Å²) in [5, 5.41) is 9.06. The first-order valence-corrected chi connectivity index (χ1v) is 6.58. The van der Waals surface area contributed by atoms with E-state index in [1.807, 2.05) is 32.0 Å². The Labute approximate surface area is 113 Å². The van der Waals surface area contributed by atoms with Crippen LogP contribution in [0.5, 0.6) is 0 Å². The molecule has 1 aromatic rings. The highest BCUT2D eigenvalue weighted by Gasteiger charge is 2.29. The van der Waals surface area contributed by atoms with Gasteiger partial charge in [0.15, 0.2) is 0 Å². The van der Waals surface area contributed by atoms with E-state index in [-0.39, 0.29) is 5.91 Å². The van der Waals surface area contributed by atoms with Crippen molar-refractivity contribution in [2.24, 2.45) is 5.92 Å². The highest BCUT2D eigenvalue weighted by Crippen LogP contribution is 2.20. The van der Waals surface area contributed by atoms with E-state index < -0.39 is 11.9 Å². The van der Waals surface area contributed by atoms with E-state index in [2.05, 4.69) is 0 Å². The molecular weight excluding hydrogens is 242 g/mol. The van der Waals surface area contributed by atoms with Crippen LogP contribution in [0.2, 0.25) is 0 Å². The summed E-state index contributed by atoms with van der Waals surface area (Å²) in [5.41, 5.74) is 2.75. The van der Waals surface area contributed by atoms with Gasteiger partial charge in [0.1, 0.15) is 0 Å². The number of rotatable bonds is 2. The minimum absolute atomic E-state index is 0.0524. The maximum Gasteiger partial charge on any atom is 0.308 e. The molecule has 2 rings (SSSR count). The molecule has 0 aliphatic carbocycles. The Morgan fingerprint density at radius 1 is 1.32 bits per heavy atom. The normalized spacial score (nSPS) is 19.3. The Balaban J connectivity index is 2.17. The largest absolute Gasteiger partial charge is 0.481 e. The van der Waals surface area contributed by atoms with Crippen molar-refractivity contribution >= 4 is 11.9 Å². The van der Waals surface area contributed by atoms with E-state index >= 15 is 0 Å². The zero-order valence-electron chi connectivity index (χ0n) is 11.3. The van der Waals surface area contributed by atoms with Crippen molar-refractivity contribution in [2.45, 2.75) is 26.7 Å². The fraction of sp³-hybridized carbons (Fsp3) is 0.467. The molecule has 0 radical (unpaired) electrons. The number of piperidine rings is 1. The molecule has 1 heterocycles. The molecule has 1 saturated heterocycles. The van der Waals surface area contributed by atoms with Crippen molar-refractivity contribution in [3.63, 3.8) is 0 Å². The van der Waals surface area contributed by atoms with Crippen LogP contribution < -0.4 is 0 Å². The van der Waals surface area contributed by atoms with Crippen molar-refractivity contribution in [1.82, 2.24) is 4.90 Å². The van der Waals surface area contributed by atoms with Gasteiger partial charge in [-0.2, -0.15) is 0 Å². The second-order valence-corrected chi connectivity index (χ2v) is 5.25. The molecule has 102 valence electrons. The molecule has 1 aliphatic heterocycles. The van der Waals surface area contributed by atoms with Crippen LogP contribution in [0, 0.1) is 19.8 Å². The summed E-state index contributed by atoms with van der Waals surface area (Å²) in [4.78, 5) is 25.1. The van der Waals surface area contributed by atoms with Crippen LogP contribution in [-0.2, 0) is 4.79 Å². The van der Waals surface area contributed by atoms with E-state index in [4.69, 9.17) is 5.11 Å². The summed E-state index contributed by atoms with van der Waals surface area (Å²) in [6.07, 6.45) is 1.42. The summed E-state index contributed by atoms with van der Waals surface area (Å²) in [6.45, 7) is 4.87. The van der Waals surface area contributed by atoms with E-state index in [0.29, 0.717) is 25.1 Å². The van der Waals surface area contributed by atoms with Crippen LogP contribution in [0.15, 0.2) is 18.2 Å². The third-order valence-corrected chi connectivity index (χ3v) is 3.67. The van der Waals surface area contributed by atoms with Gasteiger partial charge in [0.05, 0.1) is 5.92 Å². The Hall–Kier alpha value is -1.84. The SMILES string of the molecule is Cc1ccc(C(=O)N2CCCC(C(=O)O)C2)c(C)c1. The Morgan fingerprint density at radius 3 is 2.68 bits per heavy atom. The smallest absolute Gasteiger partial charge is 0.308 e. The van der Waals surface area contributed by atoms with Crippen LogP contribution in [0.25, 0.3) is 0 Å². The number of carboxylic acids is 1. The summed E-state index contributed by atoms with van der Waals surface area (Å²) in [7, 11) is 0. The summed E-state index contributed by atoms with van der Waals surface area (Å²) in [5.74, 6) is -1.29. The Kier molecular flexibility index (Phi) is 3.88. The molecular formula is C15H19NO3. The van der Waals surface area contributed by atoms with Crippen LogP contribution in [0.4, 0.5) is 0 Å². The Morgan fingerprint density at radius 2 is 2.05 bits per heavy atom. The zero-order valence-corrected chi connectivity index (χ0v) is 11.3.